The number of anilines is 1. The molecule has 2 rings (SSSR count). The lowest BCUT2D eigenvalue weighted by Gasteiger charge is -2.10. The molecule has 0 atom stereocenters. The van der Waals surface area contributed by atoms with Gasteiger partial charge in [0.1, 0.15) is 9.21 Å². The standard InChI is InChI=1S/C10H11Br2N3O/c11-7-5-13-9(8(12)14-7)15-10(16)6-3-1-2-4-6/h5-6H,1-4H2,(H,13,15,16). The monoisotopic (exact) mass is 347 g/mol. The quantitative estimate of drug-likeness (QED) is 0.893. The van der Waals surface area contributed by atoms with Crippen LogP contribution >= 0.6 is 31.9 Å². The van der Waals surface area contributed by atoms with Gasteiger partial charge in [-0.15, -0.1) is 0 Å². The van der Waals surface area contributed by atoms with Crippen LogP contribution in [0.1, 0.15) is 25.7 Å². The minimum absolute atomic E-state index is 0.0508. The molecule has 0 unspecified atom stereocenters. The molecule has 0 aliphatic heterocycles. The predicted octanol–water partition coefficient (Wildman–Crippen LogP) is 3.13. The van der Waals surface area contributed by atoms with Crippen molar-refractivity contribution < 1.29 is 4.79 Å². The molecular formula is C10H11Br2N3O. The van der Waals surface area contributed by atoms with Crippen LogP contribution in [0.25, 0.3) is 0 Å². The highest BCUT2D eigenvalue weighted by Crippen LogP contribution is 2.27. The normalized spacial score (nSPS) is 16.4. The molecule has 86 valence electrons. The third-order valence-electron chi connectivity index (χ3n) is 2.67. The molecule has 0 bridgehead atoms. The first kappa shape index (κ1) is 12.0. The van der Waals surface area contributed by atoms with Gasteiger partial charge in [-0.1, -0.05) is 12.8 Å². The second-order valence-electron chi connectivity index (χ2n) is 3.80. The van der Waals surface area contributed by atoms with Gasteiger partial charge in [0.05, 0.1) is 6.20 Å². The van der Waals surface area contributed by atoms with E-state index in [4.69, 9.17) is 0 Å². The Balaban J connectivity index is 2.05. The van der Waals surface area contributed by atoms with Crippen molar-refractivity contribution in [2.75, 3.05) is 5.32 Å². The molecule has 1 aromatic rings. The zero-order chi connectivity index (χ0) is 11.5. The molecule has 1 N–H and O–H groups in total. The number of amides is 1. The van der Waals surface area contributed by atoms with Gasteiger partial charge in [-0.2, -0.15) is 0 Å². The summed E-state index contributed by atoms with van der Waals surface area (Å²) in [7, 11) is 0. The molecule has 1 fully saturated rings. The van der Waals surface area contributed by atoms with Gasteiger partial charge in [0, 0.05) is 5.92 Å². The number of carbonyl (C=O) groups is 1. The van der Waals surface area contributed by atoms with Crippen LogP contribution in [0.5, 0.6) is 0 Å². The summed E-state index contributed by atoms with van der Waals surface area (Å²) in [4.78, 5) is 20.1. The number of halogens is 2. The summed E-state index contributed by atoms with van der Waals surface area (Å²) in [6.45, 7) is 0. The Hall–Kier alpha value is -0.490. The van der Waals surface area contributed by atoms with Crippen molar-refractivity contribution in [1.82, 2.24) is 9.97 Å². The number of hydrogen-bond donors (Lipinski definition) is 1. The Morgan fingerprint density at radius 1 is 1.38 bits per heavy atom. The first-order valence-electron chi connectivity index (χ1n) is 5.15. The van der Waals surface area contributed by atoms with Crippen LogP contribution in [0.3, 0.4) is 0 Å². The van der Waals surface area contributed by atoms with Crippen LogP contribution in [0.15, 0.2) is 15.4 Å². The molecule has 16 heavy (non-hydrogen) atoms. The summed E-state index contributed by atoms with van der Waals surface area (Å²) >= 11 is 6.48. The van der Waals surface area contributed by atoms with Crippen LogP contribution in [-0.4, -0.2) is 15.9 Å². The SMILES string of the molecule is O=C(Nc1ncc(Br)nc1Br)C1CCCC1. The Morgan fingerprint density at radius 2 is 2.06 bits per heavy atom. The zero-order valence-corrected chi connectivity index (χ0v) is 11.7. The summed E-state index contributed by atoms with van der Waals surface area (Å²) in [6.07, 6.45) is 5.81. The summed E-state index contributed by atoms with van der Waals surface area (Å²) in [5, 5.41) is 2.80. The van der Waals surface area contributed by atoms with Gasteiger partial charge in [0.25, 0.3) is 0 Å². The minimum atomic E-state index is 0.0508. The lowest BCUT2D eigenvalue weighted by atomic mass is 10.1. The molecule has 1 aliphatic carbocycles. The molecule has 1 heterocycles. The number of rotatable bonds is 2. The van der Waals surface area contributed by atoms with E-state index >= 15 is 0 Å². The molecule has 1 aliphatic rings. The van der Waals surface area contributed by atoms with E-state index in [2.05, 4.69) is 47.1 Å². The smallest absolute Gasteiger partial charge is 0.228 e. The molecule has 4 nitrogen and oxygen atoms in total. The predicted molar refractivity (Wildman–Crippen MR) is 68.0 cm³/mol. The largest absolute Gasteiger partial charge is 0.308 e. The van der Waals surface area contributed by atoms with Gasteiger partial charge in [0.15, 0.2) is 5.82 Å². The number of nitrogens with one attached hydrogen (secondary N) is 1. The topological polar surface area (TPSA) is 54.9 Å². The van der Waals surface area contributed by atoms with Crippen molar-refractivity contribution in [1.29, 1.82) is 0 Å². The Labute approximate surface area is 111 Å². The lowest BCUT2D eigenvalue weighted by molar-refractivity contribution is -0.119. The van der Waals surface area contributed by atoms with Crippen molar-refractivity contribution in [3.05, 3.63) is 15.4 Å². The van der Waals surface area contributed by atoms with Crippen molar-refractivity contribution in [2.24, 2.45) is 5.92 Å². The van der Waals surface area contributed by atoms with E-state index in [9.17, 15) is 4.79 Å². The second kappa shape index (κ2) is 5.23. The van der Waals surface area contributed by atoms with Crippen molar-refractivity contribution in [3.8, 4) is 0 Å². The fourth-order valence-electron chi connectivity index (χ4n) is 1.84. The van der Waals surface area contributed by atoms with Gasteiger partial charge < -0.3 is 5.32 Å². The fourth-order valence-corrected chi connectivity index (χ4v) is 2.75. The summed E-state index contributed by atoms with van der Waals surface area (Å²) in [5.41, 5.74) is 0. The highest BCUT2D eigenvalue weighted by Gasteiger charge is 2.23. The second-order valence-corrected chi connectivity index (χ2v) is 5.37. The molecule has 0 saturated heterocycles. The average molecular weight is 349 g/mol. The van der Waals surface area contributed by atoms with E-state index in [0.29, 0.717) is 15.0 Å². The van der Waals surface area contributed by atoms with Gasteiger partial charge in [0.2, 0.25) is 5.91 Å². The summed E-state index contributed by atoms with van der Waals surface area (Å²) in [6, 6.07) is 0. The summed E-state index contributed by atoms with van der Waals surface area (Å²) < 4.78 is 1.19. The van der Waals surface area contributed by atoms with Crippen molar-refractivity contribution >= 4 is 43.6 Å². The molecule has 0 spiro atoms. The number of aromatic nitrogens is 2. The minimum Gasteiger partial charge on any atom is -0.308 e. The first-order valence-corrected chi connectivity index (χ1v) is 6.74. The maximum atomic E-state index is 11.8. The van der Waals surface area contributed by atoms with Crippen LogP contribution < -0.4 is 5.32 Å². The lowest BCUT2D eigenvalue weighted by Crippen LogP contribution is -2.21. The molecular weight excluding hydrogens is 338 g/mol. The molecule has 6 heteroatoms. The van der Waals surface area contributed by atoms with Crippen LogP contribution in [0, 0.1) is 5.92 Å². The number of nitrogens with zero attached hydrogens (tertiary/aromatic N) is 2. The zero-order valence-electron chi connectivity index (χ0n) is 8.54. The molecule has 0 aromatic carbocycles. The highest BCUT2D eigenvalue weighted by atomic mass is 79.9. The van der Waals surface area contributed by atoms with Gasteiger partial charge in [-0.3, -0.25) is 4.79 Å². The summed E-state index contributed by atoms with van der Waals surface area (Å²) in [5.74, 6) is 0.673. The fraction of sp³-hybridized carbons (Fsp3) is 0.500. The van der Waals surface area contributed by atoms with Gasteiger partial charge >= 0.3 is 0 Å². The maximum absolute atomic E-state index is 11.8. The third kappa shape index (κ3) is 2.79. The number of hydrogen-bond acceptors (Lipinski definition) is 3. The van der Waals surface area contributed by atoms with E-state index < -0.39 is 0 Å². The highest BCUT2D eigenvalue weighted by molar-refractivity contribution is 9.11. The van der Waals surface area contributed by atoms with Crippen molar-refractivity contribution in [3.63, 3.8) is 0 Å². The maximum Gasteiger partial charge on any atom is 0.228 e. The van der Waals surface area contributed by atoms with Crippen LogP contribution in [0.2, 0.25) is 0 Å². The van der Waals surface area contributed by atoms with Crippen LogP contribution in [0.4, 0.5) is 5.82 Å². The number of carbonyl (C=O) groups excluding carboxylic acids is 1. The molecule has 1 amide bonds. The molecule has 1 aromatic heterocycles. The van der Waals surface area contributed by atoms with E-state index in [0.717, 1.165) is 25.7 Å². The van der Waals surface area contributed by atoms with E-state index in [-0.39, 0.29) is 11.8 Å². The Bertz CT molecular complexity index is 405. The molecule has 0 radical (unpaired) electrons. The van der Waals surface area contributed by atoms with E-state index in [1.54, 1.807) is 6.20 Å². The van der Waals surface area contributed by atoms with E-state index in [1.165, 1.54) is 0 Å². The Kier molecular flexibility index (Phi) is 3.91. The van der Waals surface area contributed by atoms with Crippen LogP contribution in [-0.2, 0) is 4.79 Å². The van der Waals surface area contributed by atoms with Gasteiger partial charge in [-0.25, -0.2) is 9.97 Å². The average Bonchev–Trinajstić information content (AvgIpc) is 2.75. The van der Waals surface area contributed by atoms with Crippen molar-refractivity contribution in [2.45, 2.75) is 25.7 Å². The Morgan fingerprint density at radius 3 is 2.69 bits per heavy atom. The first-order chi connectivity index (χ1) is 7.66. The van der Waals surface area contributed by atoms with E-state index in [1.807, 2.05) is 0 Å². The molecule has 1 saturated carbocycles. The third-order valence-corrected chi connectivity index (χ3v) is 3.60. The van der Waals surface area contributed by atoms with Gasteiger partial charge in [-0.05, 0) is 44.7 Å².